The van der Waals surface area contributed by atoms with Crippen LogP contribution in [0.3, 0.4) is 0 Å². The molecule has 0 unspecified atom stereocenters. The molecule has 1 aliphatic rings. The number of nitrogens with two attached hydrogens (primary N) is 2. The molecule has 0 atom stereocenters. The molecule has 0 radical (unpaired) electrons. The zero-order valence-corrected chi connectivity index (χ0v) is 16.4. The van der Waals surface area contributed by atoms with Gasteiger partial charge in [0.1, 0.15) is 5.82 Å². The average molecular weight is 398 g/mol. The van der Waals surface area contributed by atoms with E-state index in [1.807, 2.05) is 37.3 Å². The van der Waals surface area contributed by atoms with E-state index in [9.17, 15) is 8.42 Å². The van der Waals surface area contributed by atoms with Crippen molar-refractivity contribution in [1.82, 2.24) is 14.3 Å². The Morgan fingerprint density at radius 1 is 0.929 bits per heavy atom. The number of nitrogens with zero attached hydrogens (tertiary/aromatic N) is 4. The molecule has 1 aliphatic heterocycles. The minimum absolute atomic E-state index is 0.135. The summed E-state index contributed by atoms with van der Waals surface area (Å²) >= 11 is 0. The molecule has 4 N–H and O–H groups in total. The molecule has 9 heteroatoms. The third-order valence-electron chi connectivity index (χ3n) is 5.04. The fraction of sp³-hybridized carbons (Fsp3) is 0.263. The van der Waals surface area contributed by atoms with E-state index in [1.165, 1.54) is 4.31 Å². The summed E-state index contributed by atoms with van der Waals surface area (Å²) in [6.07, 6.45) is 0. The number of piperazine rings is 1. The maximum atomic E-state index is 13.0. The fourth-order valence-corrected chi connectivity index (χ4v) is 5.28. The SMILES string of the molecule is Cc1ccccc1S(=O)(=O)N1CCN(c2cccc3nc(N)nc(N)c23)CC1. The first-order chi connectivity index (χ1) is 13.4. The molecule has 2 heterocycles. The van der Waals surface area contributed by atoms with Gasteiger partial charge in [-0.25, -0.2) is 13.4 Å². The number of rotatable bonds is 3. The van der Waals surface area contributed by atoms with Crippen LogP contribution in [-0.4, -0.2) is 48.9 Å². The van der Waals surface area contributed by atoms with Crippen molar-refractivity contribution < 1.29 is 8.42 Å². The van der Waals surface area contributed by atoms with Gasteiger partial charge in [-0.2, -0.15) is 9.29 Å². The second-order valence-electron chi connectivity index (χ2n) is 6.79. The van der Waals surface area contributed by atoms with Gasteiger partial charge in [-0.15, -0.1) is 0 Å². The molecule has 3 aromatic rings. The monoisotopic (exact) mass is 398 g/mol. The lowest BCUT2D eigenvalue weighted by molar-refractivity contribution is 0.385. The lowest BCUT2D eigenvalue weighted by atomic mass is 10.1. The Morgan fingerprint density at radius 2 is 1.64 bits per heavy atom. The van der Waals surface area contributed by atoms with Crippen molar-refractivity contribution >= 4 is 38.4 Å². The number of hydrogen-bond acceptors (Lipinski definition) is 7. The van der Waals surface area contributed by atoms with Crippen molar-refractivity contribution in [2.45, 2.75) is 11.8 Å². The highest BCUT2D eigenvalue weighted by molar-refractivity contribution is 7.89. The average Bonchev–Trinajstić information content (AvgIpc) is 2.67. The maximum absolute atomic E-state index is 13.0. The van der Waals surface area contributed by atoms with E-state index in [0.717, 1.165) is 16.6 Å². The number of hydrogen-bond donors (Lipinski definition) is 2. The molecule has 28 heavy (non-hydrogen) atoms. The molecule has 146 valence electrons. The molecule has 0 amide bonds. The Morgan fingerprint density at radius 3 is 2.36 bits per heavy atom. The molecule has 2 aromatic carbocycles. The number of fused-ring (bicyclic) bond motifs is 1. The number of anilines is 3. The summed E-state index contributed by atoms with van der Waals surface area (Å²) in [6, 6.07) is 12.7. The quantitative estimate of drug-likeness (QED) is 0.688. The first-order valence-electron chi connectivity index (χ1n) is 9.00. The highest BCUT2D eigenvalue weighted by Crippen LogP contribution is 2.31. The molecule has 0 aliphatic carbocycles. The molecule has 0 bridgehead atoms. The van der Waals surface area contributed by atoms with E-state index in [-0.39, 0.29) is 5.95 Å². The first kappa shape index (κ1) is 18.5. The number of aromatic nitrogens is 2. The standard InChI is InChI=1S/C19H22N6O2S/c1-13-5-2-3-8-16(13)28(26,27)25-11-9-24(10-12-25)15-7-4-6-14-17(15)18(20)23-19(21)22-14/h2-8H,9-12H2,1H3,(H4,20,21,22,23). The third kappa shape index (κ3) is 3.12. The van der Waals surface area contributed by atoms with Gasteiger partial charge >= 0.3 is 0 Å². The van der Waals surface area contributed by atoms with Crippen LogP contribution in [0.1, 0.15) is 5.56 Å². The minimum atomic E-state index is -3.51. The van der Waals surface area contributed by atoms with Crippen LogP contribution in [0.15, 0.2) is 47.4 Å². The molecule has 0 spiro atoms. The minimum Gasteiger partial charge on any atom is -0.383 e. The van der Waals surface area contributed by atoms with Crippen LogP contribution in [-0.2, 0) is 10.0 Å². The van der Waals surface area contributed by atoms with Crippen LogP contribution in [0.5, 0.6) is 0 Å². The normalized spacial score (nSPS) is 15.8. The fourth-order valence-electron chi connectivity index (χ4n) is 3.63. The van der Waals surface area contributed by atoms with Crippen LogP contribution >= 0.6 is 0 Å². The van der Waals surface area contributed by atoms with Gasteiger partial charge in [0.25, 0.3) is 0 Å². The van der Waals surface area contributed by atoms with Gasteiger partial charge in [-0.1, -0.05) is 24.3 Å². The highest BCUT2D eigenvalue weighted by Gasteiger charge is 2.30. The van der Waals surface area contributed by atoms with Crippen LogP contribution in [0.4, 0.5) is 17.5 Å². The first-order valence-corrected chi connectivity index (χ1v) is 10.4. The van der Waals surface area contributed by atoms with E-state index in [4.69, 9.17) is 11.5 Å². The van der Waals surface area contributed by atoms with Gasteiger partial charge < -0.3 is 16.4 Å². The Hall–Kier alpha value is -2.91. The van der Waals surface area contributed by atoms with Crippen molar-refractivity contribution in [2.24, 2.45) is 0 Å². The van der Waals surface area contributed by atoms with E-state index in [0.29, 0.717) is 42.4 Å². The van der Waals surface area contributed by atoms with Gasteiger partial charge in [0.2, 0.25) is 16.0 Å². The lowest BCUT2D eigenvalue weighted by Gasteiger charge is -2.36. The second kappa shape index (κ2) is 6.92. The molecule has 1 fully saturated rings. The van der Waals surface area contributed by atoms with E-state index in [2.05, 4.69) is 14.9 Å². The van der Waals surface area contributed by atoms with Crippen molar-refractivity contribution in [2.75, 3.05) is 42.5 Å². The topological polar surface area (TPSA) is 118 Å². The second-order valence-corrected chi connectivity index (χ2v) is 8.70. The van der Waals surface area contributed by atoms with Crippen LogP contribution in [0.25, 0.3) is 10.9 Å². The van der Waals surface area contributed by atoms with Crippen molar-refractivity contribution in [1.29, 1.82) is 0 Å². The number of benzene rings is 2. The number of aryl methyl sites for hydroxylation is 1. The van der Waals surface area contributed by atoms with Gasteiger partial charge in [0.15, 0.2) is 0 Å². The summed E-state index contributed by atoms with van der Waals surface area (Å²) in [5.41, 5.74) is 14.1. The summed E-state index contributed by atoms with van der Waals surface area (Å²) in [6.45, 7) is 3.70. The zero-order valence-electron chi connectivity index (χ0n) is 15.5. The molecule has 8 nitrogen and oxygen atoms in total. The van der Waals surface area contributed by atoms with E-state index >= 15 is 0 Å². The van der Waals surface area contributed by atoms with Gasteiger partial charge in [-0.05, 0) is 30.7 Å². The van der Waals surface area contributed by atoms with Crippen molar-refractivity contribution in [3.8, 4) is 0 Å². The van der Waals surface area contributed by atoms with E-state index in [1.54, 1.807) is 12.1 Å². The van der Waals surface area contributed by atoms with E-state index < -0.39 is 10.0 Å². The summed E-state index contributed by atoms with van der Waals surface area (Å²) in [5, 5.41) is 0.743. The lowest BCUT2D eigenvalue weighted by Crippen LogP contribution is -2.48. The largest absolute Gasteiger partial charge is 0.383 e. The third-order valence-corrected chi connectivity index (χ3v) is 7.10. The van der Waals surface area contributed by atoms with Gasteiger partial charge in [0, 0.05) is 31.9 Å². The summed E-state index contributed by atoms with van der Waals surface area (Å²) in [7, 11) is -3.51. The van der Waals surface area contributed by atoms with Crippen LogP contribution in [0.2, 0.25) is 0 Å². The summed E-state index contributed by atoms with van der Waals surface area (Å²) < 4.78 is 27.6. The van der Waals surface area contributed by atoms with Crippen molar-refractivity contribution in [3.63, 3.8) is 0 Å². The Kier molecular flexibility index (Phi) is 4.56. The predicted molar refractivity (Wildman–Crippen MR) is 111 cm³/mol. The molecule has 1 aromatic heterocycles. The zero-order chi connectivity index (χ0) is 19.9. The summed E-state index contributed by atoms with van der Waals surface area (Å²) in [4.78, 5) is 10.8. The Bertz CT molecular complexity index is 1140. The smallest absolute Gasteiger partial charge is 0.243 e. The molecule has 1 saturated heterocycles. The Labute approximate surface area is 163 Å². The predicted octanol–water partition coefficient (Wildman–Crippen LogP) is 1.61. The maximum Gasteiger partial charge on any atom is 0.243 e. The van der Waals surface area contributed by atoms with Crippen molar-refractivity contribution in [3.05, 3.63) is 48.0 Å². The number of nitrogen functional groups attached to an aromatic ring is 2. The molecule has 4 rings (SSSR count). The molecular weight excluding hydrogens is 376 g/mol. The van der Waals surface area contributed by atoms with Crippen LogP contribution in [0, 0.1) is 6.92 Å². The van der Waals surface area contributed by atoms with Gasteiger partial charge in [0.05, 0.1) is 15.8 Å². The van der Waals surface area contributed by atoms with Crippen LogP contribution < -0.4 is 16.4 Å². The highest BCUT2D eigenvalue weighted by atomic mass is 32.2. The number of sulfonamides is 1. The molecular formula is C19H22N6O2S. The molecule has 0 saturated carbocycles. The van der Waals surface area contributed by atoms with Gasteiger partial charge in [-0.3, -0.25) is 0 Å². The summed E-state index contributed by atoms with van der Waals surface area (Å²) in [5.74, 6) is 0.462. The Balaban J connectivity index is 1.60.